The van der Waals surface area contributed by atoms with Gasteiger partial charge >= 0.3 is 0 Å². The number of aryl methyl sites for hydroxylation is 1. The minimum Gasteiger partial charge on any atom is -0.493 e. The molecule has 1 fully saturated rings. The summed E-state index contributed by atoms with van der Waals surface area (Å²) >= 11 is 0. The Hall–Kier alpha value is -1.07. The molecule has 0 bridgehead atoms. The van der Waals surface area contributed by atoms with Crippen molar-refractivity contribution in [3.05, 3.63) is 11.9 Å². The van der Waals surface area contributed by atoms with Gasteiger partial charge in [0.25, 0.3) is 0 Å². The maximum absolute atomic E-state index is 5.81. The zero-order valence-corrected chi connectivity index (χ0v) is 11.5. The number of nitrogens with one attached hydrogen (secondary N) is 1. The fourth-order valence-electron chi connectivity index (χ4n) is 2.60. The molecule has 2 unspecified atom stereocenters. The number of nitrogens with zero attached hydrogens (tertiary/aromatic N) is 2. The molecule has 2 atom stereocenters. The van der Waals surface area contributed by atoms with Crippen LogP contribution in [0.4, 0.5) is 0 Å². The third-order valence-electron chi connectivity index (χ3n) is 3.62. The predicted molar refractivity (Wildman–Crippen MR) is 69.8 cm³/mol. The van der Waals surface area contributed by atoms with Crippen LogP contribution >= 0.6 is 0 Å². The van der Waals surface area contributed by atoms with E-state index in [4.69, 9.17) is 9.47 Å². The van der Waals surface area contributed by atoms with E-state index >= 15 is 0 Å². The Morgan fingerprint density at radius 1 is 1.61 bits per heavy atom. The molecule has 0 aromatic carbocycles. The zero-order valence-electron chi connectivity index (χ0n) is 11.5. The highest BCUT2D eigenvalue weighted by atomic mass is 16.5. The van der Waals surface area contributed by atoms with Gasteiger partial charge in [0, 0.05) is 13.7 Å². The van der Waals surface area contributed by atoms with E-state index in [0.717, 1.165) is 30.9 Å². The quantitative estimate of drug-likeness (QED) is 0.867. The number of methoxy groups -OCH3 is 1. The summed E-state index contributed by atoms with van der Waals surface area (Å²) in [5, 5.41) is 7.61. The summed E-state index contributed by atoms with van der Waals surface area (Å²) in [7, 11) is 5.61. The first-order valence-electron chi connectivity index (χ1n) is 6.61. The van der Waals surface area contributed by atoms with Crippen molar-refractivity contribution in [1.82, 2.24) is 15.1 Å². The topological polar surface area (TPSA) is 48.3 Å². The fourth-order valence-corrected chi connectivity index (χ4v) is 2.60. The van der Waals surface area contributed by atoms with E-state index in [1.807, 2.05) is 18.8 Å². The van der Waals surface area contributed by atoms with Gasteiger partial charge in [0.1, 0.15) is 0 Å². The minimum atomic E-state index is 0.218. The lowest BCUT2D eigenvalue weighted by atomic mass is 9.99. The molecule has 2 heterocycles. The third kappa shape index (κ3) is 2.84. The molecule has 0 saturated carbocycles. The van der Waals surface area contributed by atoms with Gasteiger partial charge in [-0.15, -0.1) is 0 Å². The van der Waals surface area contributed by atoms with Gasteiger partial charge < -0.3 is 14.8 Å². The summed E-state index contributed by atoms with van der Waals surface area (Å²) in [6.07, 6.45) is 6.68. The first-order chi connectivity index (χ1) is 8.76. The van der Waals surface area contributed by atoms with Crippen LogP contribution in [-0.2, 0) is 11.8 Å². The van der Waals surface area contributed by atoms with E-state index in [-0.39, 0.29) is 6.04 Å². The Bertz CT molecular complexity index is 372. The van der Waals surface area contributed by atoms with E-state index in [0.29, 0.717) is 6.10 Å². The minimum absolute atomic E-state index is 0.218. The molecule has 0 amide bonds. The standard InChI is InChI=1S/C13H23N3O2/c1-14-11(8-10-6-4-5-7-18-10)13-12(17-3)9-15-16(13)2/h9-11,14H,4-8H2,1-3H3. The molecule has 1 saturated heterocycles. The highest BCUT2D eigenvalue weighted by Gasteiger charge is 2.24. The normalized spacial score (nSPS) is 21.8. The van der Waals surface area contributed by atoms with Gasteiger partial charge in [-0.3, -0.25) is 4.68 Å². The summed E-state index contributed by atoms with van der Waals surface area (Å²) in [5.41, 5.74) is 1.09. The second-order valence-electron chi connectivity index (χ2n) is 4.79. The summed E-state index contributed by atoms with van der Waals surface area (Å²) < 4.78 is 13.1. The zero-order chi connectivity index (χ0) is 13.0. The molecule has 1 aliphatic rings. The Morgan fingerprint density at radius 3 is 3.06 bits per heavy atom. The van der Waals surface area contributed by atoms with E-state index in [1.54, 1.807) is 13.3 Å². The maximum Gasteiger partial charge on any atom is 0.161 e. The van der Waals surface area contributed by atoms with Gasteiger partial charge in [-0.25, -0.2) is 0 Å². The van der Waals surface area contributed by atoms with Crippen molar-refractivity contribution in [2.45, 2.75) is 37.8 Å². The summed E-state index contributed by atoms with van der Waals surface area (Å²) in [6, 6.07) is 0.218. The van der Waals surface area contributed by atoms with Crippen molar-refractivity contribution in [3.8, 4) is 5.75 Å². The average molecular weight is 253 g/mol. The molecule has 0 radical (unpaired) electrons. The van der Waals surface area contributed by atoms with Gasteiger partial charge in [0.15, 0.2) is 5.75 Å². The van der Waals surface area contributed by atoms with Crippen LogP contribution < -0.4 is 10.1 Å². The molecule has 0 spiro atoms. The third-order valence-corrected chi connectivity index (χ3v) is 3.62. The SMILES string of the molecule is CNC(CC1CCCCO1)c1c(OC)cnn1C. The highest BCUT2D eigenvalue weighted by Crippen LogP contribution is 2.29. The van der Waals surface area contributed by atoms with Crippen molar-refractivity contribution in [2.24, 2.45) is 7.05 Å². The first-order valence-corrected chi connectivity index (χ1v) is 6.61. The number of aromatic nitrogens is 2. The van der Waals surface area contributed by atoms with Crippen LogP contribution in [0.3, 0.4) is 0 Å². The molecular formula is C13H23N3O2. The van der Waals surface area contributed by atoms with Crippen LogP contribution in [0, 0.1) is 0 Å². The van der Waals surface area contributed by atoms with Gasteiger partial charge in [0.05, 0.1) is 31.1 Å². The average Bonchev–Trinajstić information content (AvgIpc) is 2.78. The monoisotopic (exact) mass is 253 g/mol. The highest BCUT2D eigenvalue weighted by molar-refractivity contribution is 5.28. The van der Waals surface area contributed by atoms with E-state index in [2.05, 4.69) is 10.4 Å². The first kappa shape index (κ1) is 13.4. The van der Waals surface area contributed by atoms with Crippen LogP contribution in [-0.4, -0.2) is 36.6 Å². The summed E-state index contributed by atoms with van der Waals surface area (Å²) in [6.45, 7) is 0.892. The van der Waals surface area contributed by atoms with Crippen molar-refractivity contribution in [3.63, 3.8) is 0 Å². The van der Waals surface area contributed by atoms with Crippen LogP contribution in [0.1, 0.15) is 37.4 Å². The number of ether oxygens (including phenoxy) is 2. The van der Waals surface area contributed by atoms with Crippen LogP contribution in [0.25, 0.3) is 0 Å². The molecule has 18 heavy (non-hydrogen) atoms. The molecule has 5 heteroatoms. The van der Waals surface area contributed by atoms with Gasteiger partial charge in [-0.2, -0.15) is 5.10 Å². The van der Waals surface area contributed by atoms with E-state index in [1.165, 1.54) is 12.8 Å². The molecule has 1 aliphatic heterocycles. The fraction of sp³-hybridized carbons (Fsp3) is 0.769. The molecule has 102 valence electrons. The smallest absolute Gasteiger partial charge is 0.161 e. The second-order valence-corrected chi connectivity index (χ2v) is 4.79. The number of hydrogen-bond acceptors (Lipinski definition) is 4. The lowest BCUT2D eigenvalue weighted by Crippen LogP contribution is -2.28. The predicted octanol–water partition coefficient (Wildman–Crippen LogP) is 1.65. The molecule has 1 aromatic heterocycles. The molecular weight excluding hydrogens is 230 g/mol. The largest absolute Gasteiger partial charge is 0.493 e. The number of hydrogen-bond donors (Lipinski definition) is 1. The lowest BCUT2D eigenvalue weighted by molar-refractivity contribution is 0.00491. The molecule has 1 N–H and O–H groups in total. The summed E-state index contributed by atoms with van der Waals surface area (Å²) in [4.78, 5) is 0. The Morgan fingerprint density at radius 2 is 2.44 bits per heavy atom. The van der Waals surface area contributed by atoms with Gasteiger partial charge in [-0.1, -0.05) is 0 Å². The number of rotatable bonds is 5. The Kier molecular flexibility index (Phi) is 4.60. The Labute approximate surface area is 108 Å². The maximum atomic E-state index is 5.81. The van der Waals surface area contributed by atoms with E-state index in [9.17, 15) is 0 Å². The van der Waals surface area contributed by atoms with Crippen molar-refractivity contribution in [2.75, 3.05) is 20.8 Å². The molecule has 1 aromatic rings. The van der Waals surface area contributed by atoms with Gasteiger partial charge in [-0.05, 0) is 32.7 Å². The van der Waals surface area contributed by atoms with Gasteiger partial charge in [0.2, 0.25) is 0 Å². The lowest BCUT2D eigenvalue weighted by Gasteiger charge is -2.27. The van der Waals surface area contributed by atoms with Crippen molar-refractivity contribution >= 4 is 0 Å². The van der Waals surface area contributed by atoms with Crippen molar-refractivity contribution in [1.29, 1.82) is 0 Å². The second kappa shape index (κ2) is 6.20. The summed E-state index contributed by atoms with van der Waals surface area (Å²) in [5.74, 6) is 0.840. The Balaban J connectivity index is 2.09. The molecule has 2 rings (SSSR count). The van der Waals surface area contributed by atoms with Crippen LogP contribution in [0.2, 0.25) is 0 Å². The van der Waals surface area contributed by atoms with Crippen LogP contribution in [0.15, 0.2) is 6.20 Å². The van der Waals surface area contributed by atoms with Crippen LogP contribution in [0.5, 0.6) is 5.75 Å². The molecule has 0 aliphatic carbocycles. The van der Waals surface area contributed by atoms with Crippen molar-refractivity contribution < 1.29 is 9.47 Å². The van der Waals surface area contributed by atoms with E-state index < -0.39 is 0 Å². The molecule has 5 nitrogen and oxygen atoms in total.